The number of hydrogen-bond donors (Lipinski definition) is 2. The first kappa shape index (κ1) is 16.0. The van der Waals surface area contributed by atoms with Crippen LogP contribution in [-0.4, -0.2) is 46.1 Å². The number of aromatic nitrogens is 2. The maximum atomic E-state index is 12.3. The predicted molar refractivity (Wildman–Crippen MR) is 77.3 cm³/mol. The molecular weight excluding hydrogens is 258 g/mol. The highest BCUT2D eigenvalue weighted by molar-refractivity contribution is 6.00. The SMILES string of the molecule is CCN(C)C(=O)C(C)NC(=O)c1c(N)c(C)nn1CC. The number of nitrogens with zero attached hydrogens (tertiary/aromatic N) is 3. The Balaban J connectivity index is 2.89. The molecule has 0 fully saturated rings. The Morgan fingerprint density at radius 1 is 1.45 bits per heavy atom. The number of hydrogen-bond acceptors (Lipinski definition) is 4. The second-order valence-electron chi connectivity index (χ2n) is 4.71. The topological polar surface area (TPSA) is 93.2 Å². The molecule has 0 aliphatic heterocycles. The van der Waals surface area contributed by atoms with Crippen LogP contribution in [0.4, 0.5) is 5.69 Å². The second kappa shape index (κ2) is 6.40. The third-order valence-corrected chi connectivity index (χ3v) is 3.26. The van der Waals surface area contributed by atoms with Crippen LogP contribution in [0.5, 0.6) is 0 Å². The van der Waals surface area contributed by atoms with Crippen molar-refractivity contribution in [2.75, 3.05) is 19.3 Å². The molecule has 0 saturated carbocycles. The van der Waals surface area contributed by atoms with E-state index in [0.717, 1.165) is 0 Å². The highest BCUT2D eigenvalue weighted by Crippen LogP contribution is 2.16. The largest absolute Gasteiger partial charge is 0.395 e. The van der Waals surface area contributed by atoms with E-state index in [-0.39, 0.29) is 11.8 Å². The fraction of sp³-hybridized carbons (Fsp3) is 0.615. The fourth-order valence-corrected chi connectivity index (χ4v) is 1.88. The van der Waals surface area contributed by atoms with Crippen LogP contribution in [0.25, 0.3) is 0 Å². The van der Waals surface area contributed by atoms with Gasteiger partial charge in [0.25, 0.3) is 5.91 Å². The zero-order valence-corrected chi connectivity index (χ0v) is 12.7. The molecule has 0 aromatic carbocycles. The number of nitrogens with two attached hydrogens (primary N) is 1. The molecule has 0 radical (unpaired) electrons. The summed E-state index contributed by atoms with van der Waals surface area (Å²) in [5, 5.41) is 6.86. The fourth-order valence-electron chi connectivity index (χ4n) is 1.88. The molecule has 1 rings (SSSR count). The molecule has 2 amide bonds. The van der Waals surface area contributed by atoms with Crippen LogP contribution < -0.4 is 11.1 Å². The summed E-state index contributed by atoms with van der Waals surface area (Å²) in [7, 11) is 1.69. The highest BCUT2D eigenvalue weighted by Gasteiger charge is 2.24. The lowest BCUT2D eigenvalue weighted by molar-refractivity contribution is -0.131. The van der Waals surface area contributed by atoms with E-state index in [1.165, 1.54) is 0 Å². The smallest absolute Gasteiger partial charge is 0.272 e. The summed E-state index contributed by atoms with van der Waals surface area (Å²) in [6, 6.07) is -0.604. The molecule has 1 unspecified atom stereocenters. The lowest BCUT2D eigenvalue weighted by Gasteiger charge is -2.20. The van der Waals surface area contributed by atoms with Gasteiger partial charge in [0.15, 0.2) is 0 Å². The Morgan fingerprint density at radius 2 is 2.05 bits per heavy atom. The van der Waals surface area contributed by atoms with Gasteiger partial charge in [0.05, 0.1) is 11.4 Å². The van der Waals surface area contributed by atoms with E-state index in [4.69, 9.17) is 5.73 Å². The molecule has 112 valence electrons. The van der Waals surface area contributed by atoms with E-state index in [2.05, 4.69) is 10.4 Å². The number of nitrogens with one attached hydrogen (secondary N) is 1. The van der Waals surface area contributed by atoms with Gasteiger partial charge in [0, 0.05) is 20.1 Å². The monoisotopic (exact) mass is 281 g/mol. The van der Waals surface area contributed by atoms with Gasteiger partial charge < -0.3 is 16.0 Å². The van der Waals surface area contributed by atoms with Gasteiger partial charge in [-0.2, -0.15) is 5.10 Å². The molecular formula is C13H23N5O2. The molecule has 0 spiro atoms. The van der Waals surface area contributed by atoms with Gasteiger partial charge in [-0.1, -0.05) is 0 Å². The molecule has 0 aliphatic rings. The zero-order valence-electron chi connectivity index (χ0n) is 12.7. The van der Waals surface area contributed by atoms with E-state index in [1.54, 1.807) is 30.5 Å². The van der Waals surface area contributed by atoms with Crippen LogP contribution in [0.3, 0.4) is 0 Å². The lowest BCUT2D eigenvalue weighted by Crippen LogP contribution is -2.46. The normalized spacial score (nSPS) is 12.1. The molecule has 0 bridgehead atoms. The molecule has 0 saturated heterocycles. The Morgan fingerprint density at radius 3 is 2.55 bits per heavy atom. The van der Waals surface area contributed by atoms with Crippen molar-refractivity contribution in [3.8, 4) is 0 Å². The number of aryl methyl sites for hydroxylation is 2. The van der Waals surface area contributed by atoms with E-state index >= 15 is 0 Å². The van der Waals surface area contributed by atoms with Gasteiger partial charge in [-0.3, -0.25) is 14.3 Å². The Kier molecular flexibility index (Phi) is 5.12. The lowest BCUT2D eigenvalue weighted by atomic mass is 10.2. The molecule has 0 aliphatic carbocycles. The Labute approximate surface area is 119 Å². The van der Waals surface area contributed by atoms with Crippen molar-refractivity contribution >= 4 is 17.5 Å². The highest BCUT2D eigenvalue weighted by atomic mass is 16.2. The summed E-state index contributed by atoms with van der Waals surface area (Å²) in [5.74, 6) is -0.519. The van der Waals surface area contributed by atoms with Crippen LogP contribution in [0, 0.1) is 6.92 Å². The average Bonchev–Trinajstić information content (AvgIpc) is 2.72. The average molecular weight is 281 g/mol. The van der Waals surface area contributed by atoms with E-state index in [9.17, 15) is 9.59 Å². The van der Waals surface area contributed by atoms with Crippen LogP contribution in [0.2, 0.25) is 0 Å². The second-order valence-corrected chi connectivity index (χ2v) is 4.71. The predicted octanol–water partition coefficient (Wildman–Crippen LogP) is 0.390. The number of amides is 2. The molecule has 1 aromatic heterocycles. The summed E-state index contributed by atoms with van der Waals surface area (Å²) in [5.41, 5.74) is 7.15. The molecule has 1 atom stereocenters. The minimum absolute atomic E-state index is 0.140. The van der Waals surface area contributed by atoms with Crippen LogP contribution in [0.1, 0.15) is 37.0 Å². The van der Waals surface area contributed by atoms with Crippen LogP contribution in [0.15, 0.2) is 0 Å². The number of rotatable bonds is 5. The van der Waals surface area contributed by atoms with Crippen molar-refractivity contribution in [3.63, 3.8) is 0 Å². The van der Waals surface area contributed by atoms with Gasteiger partial charge in [-0.25, -0.2) is 0 Å². The minimum Gasteiger partial charge on any atom is -0.395 e. The maximum absolute atomic E-state index is 12.3. The molecule has 7 nitrogen and oxygen atoms in total. The van der Waals surface area contributed by atoms with Gasteiger partial charge in [-0.05, 0) is 27.7 Å². The van der Waals surface area contributed by atoms with Crippen molar-refractivity contribution in [2.45, 2.75) is 40.3 Å². The van der Waals surface area contributed by atoms with Crippen LogP contribution in [-0.2, 0) is 11.3 Å². The first-order valence-electron chi connectivity index (χ1n) is 6.72. The molecule has 1 aromatic rings. The van der Waals surface area contributed by atoms with E-state index in [1.807, 2.05) is 13.8 Å². The minimum atomic E-state index is -0.604. The number of carbonyl (C=O) groups is 2. The van der Waals surface area contributed by atoms with Crippen molar-refractivity contribution < 1.29 is 9.59 Å². The summed E-state index contributed by atoms with van der Waals surface area (Å²) in [6.45, 7) is 8.28. The first-order chi connectivity index (χ1) is 9.33. The number of nitrogen functional groups attached to an aromatic ring is 1. The summed E-state index contributed by atoms with van der Waals surface area (Å²) < 4.78 is 1.54. The Hall–Kier alpha value is -2.05. The summed E-state index contributed by atoms with van der Waals surface area (Å²) in [4.78, 5) is 25.8. The van der Waals surface area contributed by atoms with Gasteiger partial charge in [0.1, 0.15) is 11.7 Å². The van der Waals surface area contributed by atoms with Crippen molar-refractivity contribution in [3.05, 3.63) is 11.4 Å². The summed E-state index contributed by atoms with van der Waals surface area (Å²) in [6.07, 6.45) is 0. The number of anilines is 1. The van der Waals surface area contributed by atoms with Gasteiger partial charge in [0.2, 0.25) is 5.91 Å². The zero-order chi connectivity index (χ0) is 15.4. The van der Waals surface area contributed by atoms with Crippen molar-refractivity contribution in [1.82, 2.24) is 20.0 Å². The molecule has 20 heavy (non-hydrogen) atoms. The number of likely N-dealkylation sites (N-methyl/N-ethyl adjacent to an activating group) is 1. The molecule has 3 N–H and O–H groups in total. The van der Waals surface area contributed by atoms with E-state index < -0.39 is 6.04 Å². The van der Waals surface area contributed by atoms with Crippen LogP contribution >= 0.6 is 0 Å². The standard InChI is InChI=1S/C13H23N5O2/c1-6-17(5)13(20)9(4)15-12(19)11-10(14)8(3)16-18(11)7-2/h9H,6-7,14H2,1-5H3,(H,15,19). The molecule has 7 heteroatoms. The van der Waals surface area contributed by atoms with Gasteiger partial charge in [-0.15, -0.1) is 0 Å². The first-order valence-corrected chi connectivity index (χ1v) is 6.72. The third kappa shape index (κ3) is 3.09. The quantitative estimate of drug-likeness (QED) is 0.816. The maximum Gasteiger partial charge on any atom is 0.272 e. The molecule has 1 heterocycles. The Bertz CT molecular complexity index is 509. The van der Waals surface area contributed by atoms with Gasteiger partial charge >= 0.3 is 0 Å². The summed E-state index contributed by atoms with van der Waals surface area (Å²) >= 11 is 0. The van der Waals surface area contributed by atoms with E-state index in [0.29, 0.717) is 30.2 Å². The van der Waals surface area contributed by atoms with Crippen molar-refractivity contribution in [2.24, 2.45) is 0 Å². The van der Waals surface area contributed by atoms with Crippen molar-refractivity contribution in [1.29, 1.82) is 0 Å². The number of carbonyl (C=O) groups excluding carboxylic acids is 2. The third-order valence-electron chi connectivity index (χ3n) is 3.26.